The zero-order valence-corrected chi connectivity index (χ0v) is 13.3. The summed E-state index contributed by atoms with van der Waals surface area (Å²) in [6.45, 7) is 0. The molecule has 1 unspecified atom stereocenters. The van der Waals surface area contributed by atoms with Crippen molar-refractivity contribution >= 4 is 5.78 Å². The largest absolute Gasteiger partial charge is 0.493 e. The first kappa shape index (κ1) is 15.2. The van der Waals surface area contributed by atoms with Crippen molar-refractivity contribution in [3.05, 3.63) is 47.5 Å². The van der Waals surface area contributed by atoms with E-state index in [-0.39, 0.29) is 12.2 Å². The molecule has 0 fully saturated rings. The number of fused-ring (bicyclic) bond motifs is 1. The van der Waals surface area contributed by atoms with Crippen LogP contribution in [0.15, 0.2) is 36.4 Å². The van der Waals surface area contributed by atoms with Gasteiger partial charge in [0, 0.05) is 18.1 Å². The van der Waals surface area contributed by atoms with Crippen LogP contribution >= 0.6 is 0 Å². The van der Waals surface area contributed by atoms with E-state index in [4.69, 9.17) is 18.9 Å². The molecule has 0 N–H and O–H groups in total. The molecule has 2 aromatic carbocycles. The number of benzene rings is 2. The lowest BCUT2D eigenvalue weighted by Crippen LogP contribution is -2.26. The number of ketones is 1. The highest BCUT2D eigenvalue weighted by atomic mass is 16.5. The number of carbonyl (C=O) groups is 1. The maximum absolute atomic E-state index is 12.5. The van der Waals surface area contributed by atoms with Gasteiger partial charge in [-0.05, 0) is 5.56 Å². The quantitative estimate of drug-likeness (QED) is 0.868. The highest BCUT2D eigenvalue weighted by Gasteiger charge is 2.33. The molecule has 1 atom stereocenters. The summed E-state index contributed by atoms with van der Waals surface area (Å²) < 4.78 is 22.1. The van der Waals surface area contributed by atoms with Crippen LogP contribution in [0.1, 0.15) is 17.2 Å². The van der Waals surface area contributed by atoms with E-state index in [1.54, 1.807) is 13.2 Å². The first-order valence-electron chi connectivity index (χ1n) is 7.25. The number of rotatable bonds is 4. The Labute approximate surface area is 134 Å². The summed E-state index contributed by atoms with van der Waals surface area (Å²) in [7, 11) is 4.61. The summed E-state index contributed by atoms with van der Waals surface area (Å²) >= 11 is 0. The second-order valence-electron chi connectivity index (χ2n) is 5.17. The summed E-state index contributed by atoms with van der Waals surface area (Å²) in [4.78, 5) is 12.5. The fraction of sp³-hybridized carbons (Fsp3) is 0.278. The van der Waals surface area contributed by atoms with Gasteiger partial charge in [0.2, 0.25) is 5.75 Å². The Bertz CT molecular complexity index is 724. The fourth-order valence-electron chi connectivity index (χ4n) is 2.81. The molecule has 3 rings (SSSR count). The van der Waals surface area contributed by atoms with Crippen LogP contribution in [-0.2, 0) is 11.2 Å². The first-order valence-corrected chi connectivity index (χ1v) is 7.25. The molecule has 120 valence electrons. The van der Waals surface area contributed by atoms with Crippen LogP contribution in [0, 0.1) is 0 Å². The van der Waals surface area contributed by atoms with E-state index in [2.05, 4.69) is 0 Å². The zero-order chi connectivity index (χ0) is 16.4. The maximum Gasteiger partial charge on any atom is 0.203 e. The third-order valence-electron chi connectivity index (χ3n) is 3.88. The van der Waals surface area contributed by atoms with E-state index in [9.17, 15) is 4.79 Å². The van der Waals surface area contributed by atoms with Crippen molar-refractivity contribution in [3.63, 3.8) is 0 Å². The lowest BCUT2D eigenvalue weighted by atomic mass is 9.95. The van der Waals surface area contributed by atoms with Crippen LogP contribution in [-0.4, -0.2) is 27.1 Å². The fourth-order valence-corrected chi connectivity index (χ4v) is 2.81. The molecular formula is C18H18O5. The van der Waals surface area contributed by atoms with Crippen LogP contribution in [0.4, 0.5) is 0 Å². The molecule has 0 saturated carbocycles. The second kappa shape index (κ2) is 6.20. The number of Topliss-reactive ketones (excluding diaryl/α,β-unsaturated/α-hetero) is 1. The zero-order valence-electron chi connectivity index (χ0n) is 13.3. The van der Waals surface area contributed by atoms with Gasteiger partial charge in [0.1, 0.15) is 5.75 Å². The standard InChI is InChI=1S/C18H18O5/c1-20-15-10-14-12(17(21-2)18(15)22-3)9-13(19)16(23-14)11-7-5-4-6-8-11/h4-8,10,16H,9H2,1-3H3. The summed E-state index contributed by atoms with van der Waals surface area (Å²) in [6.07, 6.45) is -0.398. The lowest BCUT2D eigenvalue weighted by Gasteiger charge is -2.28. The summed E-state index contributed by atoms with van der Waals surface area (Å²) in [5.41, 5.74) is 1.51. The van der Waals surface area contributed by atoms with Crippen molar-refractivity contribution in [1.29, 1.82) is 0 Å². The Balaban J connectivity index is 2.08. The Hall–Kier alpha value is -2.69. The molecule has 0 radical (unpaired) electrons. The number of carbonyl (C=O) groups excluding carboxylic acids is 1. The van der Waals surface area contributed by atoms with Crippen LogP contribution in [0.3, 0.4) is 0 Å². The van der Waals surface area contributed by atoms with Gasteiger partial charge in [-0.2, -0.15) is 0 Å². The molecule has 1 aliphatic heterocycles. The highest BCUT2D eigenvalue weighted by molar-refractivity contribution is 5.90. The van der Waals surface area contributed by atoms with Crippen LogP contribution in [0.25, 0.3) is 0 Å². The molecule has 0 bridgehead atoms. The minimum Gasteiger partial charge on any atom is -0.493 e. The van der Waals surface area contributed by atoms with E-state index in [0.717, 1.165) is 5.56 Å². The predicted molar refractivity (Wildman–Crippen MR) is 84.6 cm³/mol. The van der Waals surface area contributed by atoms with E-state index in [0.29, 0.717) is 28.6 Å². The van der Waals surface area contributed by atoms with Crippen molar-refractivity contribution in [2.24, 2.45) is 0 Å². The molecule has 5 nitrogen and oxygen atoms in total. The summed E-state index contributed by atoms with van der Waals surface area (Å²) in [6, 6.07) is 11.2. The Morgan fingerprint density at radius 2 is 1.70 bits per heavy atom. The Morgan fingerprint density at radius 1 is 1.00 bits per heavy atom. The highest BCUT2D eigenvalue weighted by Crippen LogP contribution is 2.48. The second-order valence-corrected chi connectivity index (χ2v) is 5.17. The van der Waals surface area contributed by atoms with Crippen molar-refractivity contribution in [3.8, 4) is 23.0 Å². The Kier molecular flexibility index (Phi) is 4.10. The molecule has 1 aliphatic rings. The van der Waals surface area contributed by atoms with Gasteiger partial charge >= 0.3 is 0 Å². The Morgan fingerprint density at radius 3 is 2.30 bits per heavy atom. The number of hydrogen-bond donors (Lipinski definition) is 0. The minimum absolute atomic E-state index is 0.0192. The van der Waals surface area contributed by atoms with Gasteiger partial charge in [-0.25, -0.2) is 0 Å². The van der Waals surface area contributed by atoms with Crippen molar-refractivity contribution < 1.29 is 23.7 Å². The predicted octanol–water partition coefficient (Wildman–Crippen LogP) is 2.96. The maximum atomic E-state index is 12.5. The normalized spacial score (nSPS) is 16.3. The van der Waals surface area contributed by atoms with Crippen molar-refractivity contribution in [2.75, 3.05) is 21.3 Å². The van der Waals surface area contributed by atoms with E-state index in [1.807, 2.05) is 30.3 Å². The van der Waals surface area contributed by atoms with Crippen molar-refractivity contribution in [2.45, 2.75) is 12.5 Å². The molecule has 1 heterocycles. The van der Waals surface area contributed by atoms with Gasteiger partial charge in [-0.15, -0.1) is 0 Å². The number of methoxy groups -OCH3 is 3. The topological polar surface area (TPSA) is 54.0 Å². The molecule has 2 aromatic rings. The summed E-state index contributed by atoms with van der Waals surface area (Å²) in [5.74, 6) is 2.00. The van der Waals surface area contributed by atoms with Gasteiger partial charge in [0.15, 0.2) is 23.4 Å². The van der Waals surface area contributed by atoms with Crippen LogP contribution in [0.2, 0.25) is 0 Å². The molecule has 0 amide bonds. The number of ether oxygens (including phenoxy) is 4. The molecule has 0 aromatic heterocycles. The van der Waals surface area contributed by atoms with E-state index in [1.165, 1.54) is 14.2 Å². The number of hydrogen-bond acceptors (Lipinski definition) is 5. The van der Waals surface area contributed by atoms with Gasteiger partial charge in [-0.3, -0.25) is 4.79 Å². The van der Waals surface area contributed by atoms with Gasteiger partial charge < -0.3 is 18.9 Å². The minimum atomic E-state index is -0.619. The van der Waals surface area contributed by atoms with Crippen molar-refractivity contribution in [1.82, 2.24) is 0 Å². The van der Waals surface area contributed by atoms with E-state index < -0.39 is 6.10 Å². The molecule has 0 saturated heterocycles. The SMILES string of the molecule is COc1cc2c(c(OC)c1OC)CC(=O)C(c1ccccc1)O2. The lowest BCUT2D eigenvalue weighted by molar-refractivity contribution is -0.126. The van der Waals surface area contributed by atoms with Gasteiger partial charge in [0.05, 0.1) is 21.3 Å². The first-order chi connectivity index (χ1) is 11.2. The average molecular weight is 314 g/mol. The molecular weight excluding hydrogens is 296 g/mol. The molecule has 0 aliphatic carbocycles. The van der Waals surface area contributed by atoms with E-state index >= 15 is 0 Å². The molecule has 23 heavy (non-hydrogen) atoms. The summed E-state index contributed by atoms with van der Waals surface area (Å²) in [5, 5.41) is 0. The monoisotopic (exact) mass is 314 g/mol. The molecule has 0 spiro atoms. The molecule has 5 heteroatoms. The van der Waals surface area contributed by atoms with Gasteiger partial charge in [0.25, 0.3) is 0 Å². The third kappa shape index (κ3) is 2.59. The smallest absolute Gasteiger partial charge is 0.203 e. The third-order valence-corrected chi connectivity index (χ3v) is 3.88. The van der Waals surface area contributed by atoms with Crippen LogP contribution in [0.5, 0.6) is 23.0 Å². The average Bonchev–Trinajstić information content (AvgIpc) is 2.60. The van der Waals surface area contributed by atoms with Gasteiger partial charge in [-0.1, -0.05) is 30.3 Å². The van der Waals surface area contributed by atoms with Crippen LogP contribution < -0.4 is 18.9 Å².